The summed E-state index contributed by atoms with van der Waals surface area (Å²) in [7, 11) is -3.16. The van der Waals surface area contributed by atoms with E-state index in [0.29, 0.717) is 28.4 Å². The third-order valence-corrected chi connectivity index (χ3v) is 14.6. The number of nitrogens with one attached hydrogen (secondary N) is 1. The topological polar surface area (TPSA) is 113 Å². The summed E-state index contributed by atoms with van der Waals surface area (Å²) in [6, 6.07) is 7.58. The van der Waals surface area contributed by atoms with Gasteiger partial charge in [0, 0.05) is 20.0 Å². The van der Waals surface area contributed by atoms with Gasteiger partial charge in [-0.2, -0.15) is 0 Å². The van der Waals surface area contributed by atoms with Crippen molar-refractivity contribution in [2.75, 3.05) is 20.9 Å². The minimum absolute atomic E-state index is 0.0257. The van der Waals surface area contributed by atoms with Crippen LogP contribution in [0.2, 0.25) is 18.1 Å². The third-order valence-electron chi connectivity index (χ3n) is 8.83. The molecule has 5 rings (SSSR count). The summed E-state index contributed by atoms with van der Waals surface area (Å²) in [4.78, 5) is 15.7. The number of carbonyl (C=O) groups excluding carboxylic acids is 1. The van der Waals surface area contributed by atoms with E-state index in [2.05, 4.69) is 38.6 Å². The fourth-order valence-corrected chi connectivity index (χ4v) is 7.72. The smallest absolute Gasteiger partial charge is 0.257 e. The molecule has 1 amide bonds. The summed E-state index contributed by atoms with van der Waals surface area (Å²) in [6.07, 6.45) is 2.58. The summed E-state index contributed by atoms with van der Waals surface area (Å²) in [5, 5.41) is -0.182. The average molecular weight is 645 g/mol. The molecule has 2 aliphatic heterocycles. The lowest BCUT2D eigenvalue weighted by atomic mass is 9.80. The van der Waals surface area contributed by atoms with E-state index in [1.165, 1.54) is 4.90 Å². The van der Waals surface area contributed by atoms with Crippen LogP contribution in [0.1, 0.15) is 62.0 Å². The number of hydrogen-bond acceptors (Lipinski definition) is 8. The normalized spacial score (nSPS) is 24.2. The Morgan fingerprint density at radius 2 is 1.73 bits per heavy atom. The summed E-state index contributed by atoms with van der Waals surface area (Å²) in [6.45, 7) is 16.0. The van der Waals surface area contributed by atoms with E-state index in [4.69, 9.17) is 23.4 Å². The molecule has 2 aromatic rings. The lowest BCUT2D eigenvalue weighted by molar-refractivity contribution is -0.144. The van der Waals surface area contributed by atoms with Crippen LogP contribution in [0.15, 0.2) is 47.4 Å². The number of hydrogen-bond donors (Lipinski definition) is 1. The van der Waals surface area contributed by atoms with E-state index < -0.39 is 48.3 Å². The summed E-state index contributed by atoms with van der Waals surface area (Å²) < 4.78 is 61.7. The Hall–Kier alpha value is -2.90. The van der Waals surface area contributed by atoms with Gasteiger partial charge in [0.25, 0.3) is 14.2 Å². The Labute approximate surface area is 261 Å². The zero-order valence-electron chi connectivity index (χ0n) is 27.2. The number of carbonyl (C=O) groups is 1. The quantitative estimate of drug-likeness (QED) is 0.318. The molecule has 0 aromatic heterocycles. The Balaban J connectivity index is 1.71. The SMILES string of the molecule is Cc1ccc(S(=O)(=O)N[C@H]2[C@@H]3OC(C)(C)O[C@@H]3C=C[C@@H]2c2cc3c(c(O[Si](C)(C)C(C)(C)C)c2C(=O)N(C)C)OCO3)cc1. The molecule has 0 spiro atoms. The highest BCUT2D eigenvalue weighted by Crippen LogP contribution is 2.52. The van der Waals surface area contributed by atoms with E-state index in [-0.39, 0.29) is 22.6 Å². The van der Waals surface area contributed by atoms with Crippen LogP contribution in [0.4, 0.5) is 0 Å². The molecule has 0 radical (unpaired) electrons. The molecule has 0 saturated carbocycles. The van der Waals surface area contributed by atoms with Gasteiger partial charge in [0.15, 0.2) is 17.3 Å². The average Bonchev–Trinajstić information content (AvgIpc) is 3.50. The molecule has 1 saturated heterocycles. The molecular weight excluding hydrogens is 601 g/mol. The highest BCUT2D eigenvalue weighted by Gasteiger charge is 2.51. The second-order valence-electron chi connectivity index (χ2n) is 13.9. The zero-order chi connectivity index (χ0) is 32.4. The molecule has 10 nitrogen and oxygen atoms in total. The minimum Gasteiger partial charge on any atom is -0.540 e. The predicted molar refractivity (Wildman–Crippen MR) is 169 cm³/mol. The van der Waals surface area contributed by atoms with Crippen molar-refractivity contribution in [3.8, 4) is 17.2 Å². The molecule has 2 heterocycles. The highest BCUT2D eigenvalue weighted by molar-refractivity contribution is 7.89. The number of ether oxygens (including phenoxy) is 4. The van der Waals surface area contributed by atoms with Crippen molar-refractivity contribution < 1.29 is 36.6 Å². The van der Waals surface area contributed by atoms with Crippen LogP contribution in [-0.4, -0.2) is 72.5 Å². The fourth-order valence-electron chi connectivity index (χ4n) is 5.44. The largest absolute Gasteiger partial charge is 0.540 e. The monoisotopic (exact) mass is 644 g/mol. The molecule has 3 aliphatic rings. The first kappa shape index (κ1) is 32.5. The molecule has 1 aliphatic carbocycles. The predicted octanol–water partition coefficient (Wildman–Crippen LogP) is 5.33. The lowest BCUT2D eigenvalue weighted by Gasteiger charge is -2.39. The Morgan fingerprint density at radius 3 is 2.34 bits per heavy atom. The molecule has 0 unspecified atom stereocenters. The summed E-state index contributed by atoms with van der Waals surface area (Å²) >= 11 is 0. The van der Waals surface area contributed by atoms with Crippen LogP contribution in [-0.2, 0) is 19.5 Å². The van der Waals surface area contributed by atoms with Crippen molar-refractivity contribution in [2.24, 2.45) is 0 Å². The molecule has 4 atom stereocenters. The molecule has 240 valence electrons. The van der Waals surface area contributed by atoms with Crippen LogP contribution in [0.25, 0.3) is 0 Å². The van der Waals surface area contributed by atoms with Crippen LogP contribution in [0.5, 0.6) is 17.2 Å². The maximum absolute atomic E-state index is 14.1. The van der Waals surface area contributed by atoms with Gasteiger partial charge in [-0.15, -0.1) is 0 Å². The van der Waals surface area contributed by atoms with Gasteiger partial charge >= 0.3 is 0 Å². The maximum atomic E-state index is 14.1. The fraction of sp³-hybridized carbons (Fsp3) is 0.531. The standard InChI is InChI=1S/C32H44N2O8SSi/c1-19-11-13-20(14-12-19)43(36,37)33-26-21(15-16-23-27(26)41-32(5,6)40-23)22-17-24-28(39-18-38-24)29(25(22)30(35)34(7)8)42-44(9,10)31(2,3)4/h11-17,21,23,26-27,33H,18H2,1-10H3/t21-,23-,26-,27-/m1/s1. The van der Waals surface area contributed by atoms with Gasteiger partial charge in [-0.1, -0.05) is 50.6 Å². The van der Waals surface area contributed by atoms with Crippen molar-refractivity contribution in [3.05, 3.63) is 59.2 Å². The lowest BCUT2D eigenvalue weighted by Crippen LogP contribution is -2.52. The number of nitrogens with zero attached hydrogens (tertiary/aromatic N) is 1. The molecule has 44 heavy (non-hydrogen) atoms. The minimum atomic E-state index is -4.01. The van der Waals surface area contributed by atoms with Gasteiger partial charge in [0.1, 0.15) is 12.2 Å². The maximum Gasteiger partial charge on any atom is 0.257 e. The van der Waals surface area contributed by atoms with Crippen molar-refractivity contribution in [3.63, 3.8) is 0 Å². The second kappa shape index (κ2) is 11.2. The van der Waals surface area contributed by atoms with E-state index in [1.54, 1.807) is 58.3 Å². The van der Waals surface area contributed by atoms with Crippen LogP contribution < -0.4 is 18.6 Å². The third kappa shape index (κ3) is 6.02. The van der Waals surface area contributed by atoms with Gasteiger partial charge in [-0.05, 0) is 62.7 Å². The molecule has 12 heteroatoms. The van der Waals surface area contributed by atoms with Gasteiger partial charge in [0.2, 0.25) is 22.6 Å². The van der Waals surface area contributed by atoms with E-state index in [0.717, 1.165) is 5.56 Å². The summed E-state index contributed by atoms with van der Waals surface area (Å²) in [5.41, 5.74) is 1.79. The highest BCUT2D eigenvalue weighted by atomic mass is 32.2. The van der Waals surface area contributed by atoms with Crippen molar-refractivity contribution in [1.82, 2.24) is 9.62 Å². The number of amides is 1. The summed E-state index contributed by atoms with van der Waals surface area (Å²) in [5.74, 6) is -0.769. The van der Waals surface area contributed by atoms with Crippen LogP contribution in [0.3, 0.4) is 0 Å². The van der Waals surface area contributed by atoms with E-state index in [1.807, 2.05) is 19.1 Å². The van der Waals surface area contributed by atoms with Crippen molar-refractivity contribution in [2.45, 2.75) is 94.5 Å². The van der Waals surface area contributed by atoms with E-state index in [9.17, 15) is 13.2 Å². The first-order valence-corrected chi connectivity index (χ1v) is 19.2. The zero-order valence-corrected chi connectivity index (χ0v) is 29.0. The Kier molecular flexibility index (Phi) is 8.24. The van der Waals surface area contributed by atoms with Gasteiger partial charge in [-0.3, -0.25) is 4.79 Å². The second-order valence-corrected chi connectivity index (χ2v) is 20.3. The Morgan fingerprint density at radius 1 is 1.07 bits per heavy atom. The van der Waals surface area contributed by atoms with Crippen molar-refractivity contribution in [1.29, 1.82) is 0 Å². The molecule has 1 N–H and O–H groups in total. The first-order valence-electron chi connectivity index (χ1n) is 14.8. The van der Waals surface area contributed by atoms with Gasteiger partial charge in [0.05, 0.1) is 16.5 Å². The molecule has 1 fully saturated rings. The van der Waals surface area contributed by atoms with Crippen LogP contribution in [0, 0.1) is 6.92 Å². The van der Waals surface area contributed by atoms with Gasteiger partial charge < -0.3 is 28.3 Å². The number of fused-ring (bicyclic) bond motifs is 2. The molecule has 2 aromatic carbocycles. The number of aryl methyl sites for hydroxylation is 1. The van der Waals surface area contributed by atoms with Crippen molar-refractivity contribution >= 4 is 24.2 Å². The van der Waals surface area contributed by atoms with Crippen LogP contribution >= 0.6 is 0 Å². The molecule has 0 bridgehead atoms. The Bertz CT molecular complexity index is 1580. The van der Waals surface area contributed by atoms with E-state index >= 15 is 0 Å². The first-order chi connectivity index (χ1) is 20.3. The van der Waals surface area contributed by atoms with Gasteiger partial charge in [-0.25, -0.2) is 13.1 Å². The number of benzene rings is 2. The number of rotatable bonds is 7. The molecular formula is C32H44N2O8SSi. The number of sulfonamides is 1.